The number of para-hydroxylation sites is 2. The van der Waals surface area contributed by atoms with Crippen LogP contribution in [0.2, 0.25) is 0 Å². The van der Waals surface area contributed by atoms with Crippen molar-refractivity contribution in [2.75, 3.05) is 0 Å². The van der Waals surface area contributed by atoms with E-state index in [-0.39, 0.29) is 0 Å². The van der Waals surface area contributed by atoms with E-state index in [0.29, 0.717) is 12.4 Å². The summed E-state index contributed by atoms with van der Waals surface area (Å²) < 4.78 is 5.80. The van der Waals surface area contributed by atoms with Crippen molar-refractivity contribution in [3.63, 3.8) is 0 Å². The molecule has 0 heterocycles. The van der Waals surface area contributed by atoms with Crippen LogP contribution in [-0.2, 0) is 11.9 Å². The summed E-state index contributed by atoms with van der Waals surface area (Å²) in [4.78, 5) is 0. The van der Waals surface area contributed by atoms with Crippen LogP contribution < -0.4 is 4.74 Å². The lowest BCUT2D eigenvalue weighted by Gasteiger charge is -2.10. The molecule has 2 nitrogen and oxygen atoms in total. The minimum Gasteiger partial charge on any atom is -0.508 e. The second kappa shape index (κ2) is 14.2. The quantitative estimate of drug-likeness (QED) is 0.282. The molecule has 0 fully saturated rings. The van der Waals surface area contributed by atoms with Gasteiger partial charge in [-0.15, -0.1) is 0 Å². The molecule has 0 aliphatic rings. The van der Waals surface area contributed by atoms with Crippen molar-refractivity contribution in [3.8, 4) is 11.5 Å². The Morgan fingerprint density at radius 1 is 0.576 bits per heavy atom. The number of benzene rings is 4. The van der Waals surface area contributed by atoms with Crippen LogP contribution >= 0.6 is 15.9 Å². The molecule has 172 valence electrons. The van der Waals surface area contributed by atoms with Crippen LogP contribution in [0.15, 0.2) is 97.1 Å². The molecule has 0 amide bonds. The third kappa shape index (κ3) is 9.15. The van der Waals surface area contributed by atoms with Crippen molar-refractivity contribution in [1.82, 2.24) is 0 Å². The number of phenols is 1. The van der Waals surface area contributed by atoms with Gasteiger partial charge in [-0.05, 0) is 73.2 Å². The Bertz CT molecular complexity index is 1050. The first-order valence-corrected chi connectivity index (χ1v) is 12.1. The fraction of sp³-hybridized carbons (Fsp3) is 0.200. The zero-order valence-electron chi connectivity index (χ0n) is 19.9. The van der Waals surface area contributed by atoms with E-state index in [0.717, 1.165) is 16.6 Å². The van der Waals surface area contributed by atoms with Gasteiger partial charge in [0.05, 0.1) is 0 Å². The molecule has 4 rings (SSSR count). The highest BCUT2D eigenvalue weighted by Crippen LogP contribution is 2.18. The molecule has 0 unspecified atom stereocenters. The Morgan fingerprint density at radius 3 is 1.45 bits per heavy atom. The Labute approximate surface area is 207 Å². The molecule has 0 aliphatic heterocycles. The van der Waals surface area contributed by atoms with Gasteiger partial charge in [-0.2, -0.15) is 0 Å². The average molecular weight is 505 g/mol. The van der Waals surface area contributed by atoms with Gasteiger partial charge < -0.3 is 9.84 Å². The largest absolute Gasteiger partial charge is 0.508 e. The predicted octanol–water partition coefficient (Wildman–Crippen LogP) is 8.47. The van der Waals surface area contributed by atoms with Crippen molar-refractivity contribution in [2.45, 2.75) is 39.6 Å². The molecule has 1 N–H and O–H groups in total. The van der Waals surface area contributed by atoms with Crippen LogP contribution in [0.5, 0.6) is 11.5 Å². The first kappa shape index (κ1) is 26.2. The number of phenolic OH excluding ortho intramolecular Hbond substituents is 1. The molecule has 0 spiro atoms. The Morgan fingerprint density at radius 2 is 1.03 bits per heavy atom. The molecular formula is C30H33BrO2. The van der Waals surface area contributed by atoms with Gasteiger partial charge in [-0.25, -0.2) is 0 Å². The summed E-state index contributed by atoms with van der Waals surface area (Å²) in [5, 5.41) is 9.88. The number of alkyl halides is 1. The molecule has 0 saturated heterocycles. The first-order chi connectivity index (χ1) is 15.9. The maximum absolute atomic E-state index is 8.92. The number of ether oxygens (including phenoxy) is 1. The summed E-state index contributed by atoms with van der Waals surface area (Å²) in [6.45, 7) is 8.80. The van der Waals surface area contributed by atoms with Gasteiger partial charge in [-0.3, -0.25) is 0 Å². The van der Waals surface area contributed by atoms with Gasteiger partial charge in [0.1, 0.15) is 18.1 Å². The smallest absolute Gasteiger partial charge is 0.122 e. The van der Waals surface area contributed by atoms with Crippen molar-refractivity contribution >= 4 is 15.9 Å². The number of halogens is 1. The number of rotatable bonds is 4. The topological polar surface area (TPSA) is 29.5 Å². The van der Waals surface area contributed by atoms with Gasteiger partial charge in [0.2, 0.25) is 0 Å². The number of aryl methyl sites for hydroxylation is 4. The number of hydrogen-bond donors (Lipinski definition) is 1. The van der Waals surface area contributed by atoms with E-state index in [1.54, 1.807) is 6.07 Å². The Balaban J connectivity index is 0.000000192. The summed E-state index contributed by atoms with van der Waals surface area (Å²) in [5.41, 5.74) is 7.34. The number of aromatic hydroxyl groups is 1. The van der Waals surface area contributed by atoms with Crippen LogP contribution in [0.1, 0.15) is 33.4 Å². The summed E-state index contributed by atoms with van der Waals surface area (Å²) in [7, 11) is 0. The van der Waals surface area contributed by atoms with Crippen LogP contribution in [0, 0.1) is 27.7 Å². The van der Waals surface area contributed by atoms with Crippen molar-refractivity contribution in [3.05, 3.63) is 130 Å². The standard InChI is InChI=1S/C15H16O.C8H9Br.C7H8O/c1-12-7-3-5-9-14(12)11-16-15-10-6-4-8-13(15)2;1-7-4-2-3-5-8(7)6-9;1-6-4-2-3-5-7(6)8/h3-10H,11H2,1-2H3;2-5H,6H2,1H3;2-5,8H,1H3. The van der Waals surface area contributed by atoms with Crippen molar-refractivity contribution in [1.29, 1.82) is 0 Å². The van der Waals surface area contributed by atoms with Gasteiger partial charge in [0.25, 0.3) is 0 Å². The highest BCUT2D eigenvalue weighted by atomic mass is 79.9. The lowest BCUT2D eigenvalue weighted by molar-refractivity contribution is 0.303. The van der Waals surface area contributed by atoms with E-state index in [1.165, 1.54) is 27.8 Å². The molecule has 3 heteroatoms. The molecule has 4 aromatic rings. The zero-order valence-corrected chi connectivity index (χ0v) is 21.5. The lowest BCUT2D eigenvalue weighted by atomic mass is 10.1. The second-order valence-electron chi connectivity index (χ2n) is 7.83. The van der Waals surface area contributed by atoms with Crippen LogP contribution in [0.4, 0.5) is 0 Å². The predicted molar refractivity (Wildman–Crippen MR) is 143 cm³/mol. The molecule has 4 aromatic carbocycles. The zero-order chi connectivity index (χ0) is 24.1. The number of hydrogen-bond acceptors (Lipinski definition) is 2. The average Bonchev–Trinajstić information content (AvgIpc) is 2.83. The monoisotopic (exact) mass is 504 g/mol. The fourth-order valence-corrected chi connectivity index (χ4v) is 3.60. The Kier molecular flexibility index (Phi) is 11.3. The fourth-order valence-electron chi connectivity index (χ4n) is 2.97. The highest BCUT2D eigenvalue weighted by Gasteiger charge is 2.00. The van der Waals surface area contributed by atoms with E-state index >= 15 is 0 Å². The molecule has 0 saturated carbocycles. The normalized spacial score (nSPS) is 9.73. The maximum atomic E-state index is 8.92. The minimum atomic E-state index is 0.368. The Hall–Kier alpha value is -3.04. The summed E-state index contributed by atoms with van der Waals surface area (Å²) in [6.07, 6.45) is 0. The molecule has 0 radical (unpaired) electrons. The van der Waals surface area contributed by atoms with Gasteiger partial charge in [0.15, 0.2) is 0 Å². The SMILES string of the molecule is Cc1ccccc1CBr.Cc1ccccc1COc1ccccc1C.Cc1ccccc1O. The summed E-state index contributed by atoms with van der Waals surface area (Å²) in [6, 6.07) is 32.0. The van der Waals surface area contributed by atoms with E-state index < -0.39 is 0 Å². The summed E-state index contributed by atoms with van der Waals surface area (Å²) in [5.74, 6) is 1.33. The van der Waals surface area contributed by atoms with E-state index in [2.05, 4.69) is 79.2 Å². The molecule has 0 aromatic heterocycles. The second-order valence-corrected chi connectivity index (χ2v) is 8.39. The third-order valence-electron chi connectivity index (χ3n) is 5.26. The van der Waals surface area contributed by atoms with Crippen molar-refractivity contribution in [2.24, 2.45) is 0 Å². The lowest BCUT2D eigenvalue weighted by Crippen LogP contribution is -1.98. The van der Waals surface area contributed by atoms with E-state index in [9.17, 15) is 0 Å². The maximum Gasteiger partial charge on any atom is 0.122 e. The van der Waals surface area contributed by atoms with Crippen molar-refractivity contribution < 1.29 is 9.84 Å². The van der Waals surface area contributed by atoms with E-state index in [1.807, 2.05) is 55.5 Å². The molecule has 0 bridgehead atoms. The van der Waals surface area contributed by atoms with Crippen LogP contribution in [-0.4, -0.2) is 5.11 Å². The first-order valence-electron chi connectivity index (χ1n) is 11.0. The van der Waals surface area contributed by atoms with Crippen LogP contribution in [0.25, 0.3) is 0 Å². The van der Waals surface area contributed by atoms with Gasteiger partial charge in [-0.1, -0.05) is 101 Å². The third-order valence-corrected chi connectivity index (χ3v) is 5.86. The highest BCUT2D eigenvalue weighted by molar-refractivity contribution is 9.08. The molecule has 0 atom stereocenters. The van der Waals surface area contributed by atoms with E-state index in [4.69, 9.17) is 9.84 Å². The molecular weight excluding hydrogens is 472 g/mol. The van der Waals surface area contributed by atoms with Gasteiger partial charge >= 0.3 is 0 Å². The summed E-state index contributed by atoms with van der Waals surface area (Å²) >= 11 is 3.41. The van der Waals surface area contributed by atoms with Crippen LogP contribution in [0.3, 0.4) is 0 Å². The minimum absolute atomic E-state index is 0.368. The molecule has 33 heavy (non-hydrogen) atoms. The molecule has 0 aliphatic carbocycles. The van der Waals surface area contributed by atoms with Gasteiger partial charge in [0, 0.05) is 5.33 Å².